The predicted molar refractivity (Wildman–Crippen MR) is 85.5 cm³/mol. The van der Waals surface area contributed by atoms with Crippen molar-refractivity contribution in [3.05, 3.63) is 70.3 Å². The Kier molecular flexibility index (Phi) is 3.84. The molecule has 2 aromatic carbocycles. The average molecular weight is 308 g/mol. The summed E-state index contributed by atoms with van der Waals surface area (Å²) in [4.78, 5) is 30.4. The summed E-state index contributed by atoms with van der Waals surface area (Å²) in [6, 6.07) is 13.0. The Bertz CT molecular complexity index is 945. The molecule has 0 atom stereocenters. The van der Waals surface area contributed by atoms with E-state index in [-0.39, 0.29) is 17.1 Å². The van der Waals surface area contributed by atoms with E-state index in [2.05, 4.69) is 20.5 Å². The van der Waals surface area contributed by atoms with Gasteiger partial charge in [0.25, 0.3) is 5.56 Å². The molecule has 0 spiro atoms. The van der Waals surface area contributed by atoms with Crippen LogP contribution in [-0.2, 0) is 0 Å². The van der Waals surface area contributed by atoms with Gasteiger partial charge in [-0.25, -0.2) is 10.4 Å². The number of para-hydroxylation sites is 1. The lowest BCUT2D eigenvalue weighted by Crippen LogP contribution is -2.24. The number of hydrogen-bond donors (Lipinski definition) is 3. The quantitative estimate of drug-likeness (QED) is 0.502. The molecule has 1 heterocycles. The van der Waals surface area contributed by atoms with Gasteiger partial charge < -0.3 is 10.1 Å². The highest BCUT2D eigenvalue weighted by atomic mass is 16.3. The van der Waals surface area contributed by atoms with E-state index in [0.29, 0.717) is 16.5 Å². The number of aromatic nitrogens is 2. The Morgan fingerprint density at radius 3 is 2.70 bits per heavy atom. The molecule has 0 radical (unpaired) electrons. The number of aromatic hydroxyl groups is 1. The molecule has 1 aromatic heterocycles. The van der Waals surface area contributed by atoms with Crippen molar-refractivity contribution < 1.29 is 9.90 Å². The zero-order chi connectivity index (χ0) is 16.2. The maximum Gasteiger partial charge on any atom is 0.307 e. The molecule has 0 bridgehead atoms. The number of hydrazone groups is 1. The fourth-order valence-electron chi connectivity index (χ4n) is 1.97. The number of aromatic amines is 1. The molecule has 0 aliphatic carbocycles. The smallest absolute Gasteiger partial charge is 0.307 e. The molecule has 0 fully saturated rings. The molecule has 1 amide bonds. The van der Waals surface area contributed by atoms with Gasteiger partial charge in [-0.1, -0.05) is 12.1 Å². The number of amides is 1. The Morgan fingerprint density at radius 1 is 1.17 bits per heavy atom. The van der Waals surface area contributed by atoms with Gasteiger partial charge in [0.1, 0.15) is 5.75 Å². The summed E-state index contributed by atoms with van der Waals surface area (Å²) in [5.74, 6) is -0.594. The van der Waals surface area contributed by atoms with Gasteiger partial charge in [0.15, 0.2) is 0 Å². The second-order valence-corrected chi connectivity index (χ2v) is 4.72. The summed E-state index contributed by atoms with van der Waals surface area (Å²) < 4.78 is 0. The van der Waals surface area contributed by atoms with Crippen LogP contribution in [0, 0.1) is 0 Å². The third-order valence-electron chi connectivity index (χ3n) is 3.10. The third kappa shape index (κ3) is 3.24. The monoisotopic (exact) mass is 308 g/mol. The van der Waals surface area contributed by atoms with Crippen LogP contribution in [0.2, 0.25) is 0 Å². The number of nitrogens with zero attached hydrogens (tertiary/aromatic N) is 2. The highest BCUT2D eigenvalue weighted by Crippen LogP contribution is 2.08. The molecule has 7 nitrogen and oxygen atoms in total. The number of H-pyrrole nitrogens is 1. The van der Waals surface area contributed by atoms with Crippen molar-refractivity contribution in [1.29, 1.82) is 0 Å². The van der Waals surface area contributed by atoms with Gasteiger partial charge in [-0.05, 0) is 42.0 Å². The van der Waals surface area contributed by atoms with Crippen LogP contribution in [0.15, 0.2) is 58.4 Å². The van der Waals surface area contributed by atoms with Gasteiger partial charge in [-0.15, -0.1) is 0 Å². The topological polar surface area (TPSA) is 107 Å². The number of phenols is 1. The molecule has 3 N–H and O–H groups in total. The minimum absolute atomic E-state index is 0.114. The maximum absolute atomic E-state index is 12.0. The first-order chi connectivity index (χ1) is 11.1. The van der Waals surface area contributed by atoms with E-state index in [9.17, 15) is 14.7 Å². The number of carbonyl (C=O) groups excluding carboxylic acids is 1. The van der Waals surface area contributed by atoms with Crippen molar-refractivity contribution >= 4 is 23.0 Å². The molecule has 7 heteroatoms. The Labute approximate surface area is 130 Å². The molecule has 0 aliphatic rings. The van der Waals surface area contributed by atoms with E-state index in [1.165, 1.54) is 18.3 Å². The van der Waals surface area contributed by atoms with E-state index in [1.807, 2.05) is 0 Å². The van der Waals surface area contributed by atoms with E-state index < -0.39 is 5.91 Å². The summed E-state index contributed by atoms with van der Waals surface area (Å²) in [7, 11) is 0. The fraction of sp³-hybridized carbons (Fsp3) is 0. The minimum atomic E-state index is -0.622. The normalized spacial score (nSPS) is 11.0. The van der Waals surface area contributed by atoms with Crippen molar-refractivity contribution in [2.75, 3.05) is 0 Å². The SMILES string of the molecule is O=C(NN=Cc1ccc(O)cc1)c1nc2ccccc2c(=O)[nH]1. The zero-order valence-electron chi connectivity index (χ0n) is 11.9. The summed E-state index contributed by atoms with van der Waals surface area (Å²) in [5.41, 5.74) is 3.03. The number of carbonyl (C=O) groups is 1. The Morgan fingerprint density at radius 2 is 1.91 bits per heavy atom. The molecule has 0 saturated heterocycles. The Hall–Kier alpha value is -3.48. The zero-order valence-corrected chi connectivity index (χ0v) is 11.9. The van der Waals surface area contributed by atoms with Crippen LogP contribution in [0.1, 0.15) is 16.2 Å². The van der Waals surface area contributed by atoms with Crippen LogP contribution in [0.5, 0.6) is 5.75 Å². The lowest BCUT2D eigenvalue weighted by molar-refractivity contribution is 0.0945. The molecular formula is C16H12N4O3. The van der Waals surface area contributed by atoms with Crippen LogP contribution < -0.4 is 11.0 Å². The van der Waals surface area contributed by atoms with Crippen LogP contribution in [0.3, 0.4) is 0 Å². The van der Waals surface area contributed by atoms with E-state index in [0.717, 1.165) is 0 Å². The van der Waals surface area contributed by atoms with Gasteiger partial charge >= 0.3 is 5.91 Å². The van der Waals surface area contributed by atoms with Crippen molar-refractivity contribution in [2.45, 2.75) is 0 Å². The number of phenolic OH excluding ortho intramolecular Hbond substituents is 1. The number of hydrogen-bond acceptors (Lipinski definition) is 5. The minimum Gasteiger partial charge on any atom is -0.508 e. The summed E-state index contributed by atoms with van der Waals surface area (Å²) in [5, 5.41) is 13.4. The Balaban J connectivity index is 1.78. The van der Waals surface area contributed by atoms with Crippen molar-refractivity contribution in [1.82, 2.24) is 15.4 Å². The maximum atomic E-state index is 12.0. The largest absolute Gasteiger partial charge is 0.508 e. The standard InChI is InChI=1S/C16H12N4O3/c21-11-7-5-10(6-8-11)9-17-20-16(23)14-18-13-4-2-1-3-12(13)15(22)19-14/h1-9,21H,(H,20,23)(H,18,19,22). The highest BCUT2D eigenvalue weighted by molar-refractivity contribution is 5.93. The van der Waals surface area contributed by atoms with E-state index >= 15 is 0 Å². The first-order valence-corrected chi connectivity index (χ1v) is 6.75. The summed E-state index contributed by atoms with van der Waals surface area (Å²) in [6.07, 6.45) is 1.41. The summed E-state index contributed by atoms with van der Waals surface area (Å²) >= 11 is 0. The van der Waals surface area contributed by atoms with Gasteiger partial charge in [-0.2, -0.15) is 5.10 Å². The van der Waals surface area contributed by atoms with Gasteiger partial charge in [-0.3, -0.25) is 9.59 Å². The van der Waals surface area contributed by atoms with Crippen LogP contribution in [0.4, 0.5) is 0 Å². The van der Waals surface area contributed by atoms with Crippen LogP contribution in [-0.4, -0.2) is 27.2 Å². The third-order valence-corrected chi connectivity index (χ3v) is 3.10. The number of benzene rings is 2. The first kappa shape index (κ1) is 14.5. The number of nitrogens with one attached hydrogen (secondary N) is 2. The van der Waals surface area contributed by atoms with Crippen LogP contribution >= 0.6 is 0 Å². The van der Waals surface area contributed by atoms with Crippen molar-refractivity contribution in [3.8, 4) is 5.75 Å². The summed E-state index contributed by atoms with van der Waals surface area (Å²) in [6.45, 7) is 0. The van der Waals surface area contributed by atoms with Crippen molar-refractivity contribution in [2.24, 2.45) is 5.10 Å². The molecule has 3 aromatic rings. The first-order valence-electron chi connectivity index (χ1n) is 6.75. The lowest BCUT2D eigenvalue weighted by atomic mass is 10.2. The second-order valence-electron chi connectivity index (χ2n) is 4.72. The molecule has 0 saturated carbocycles. The fourth-order valence-corrected chi connectivity index (χ4v) is 1.97. The van der Waals surface area contributed by atoms with Gasteiger partial charge in [0.05, 0.1) is 17.1 Å². The van der Waals surface area contributed by atoms with Gasteiger partial charge in [0, 0.05) is 0 Å². The number of rotatable bonds is 3. The van der Waals surface area contributed by atoms with Crippen molar-refractivity contribution in [3.63, 3.8) is 0 Å². The molecule has 114 valence electrons. The second kappa shape index (κ2) is 6.10. The van der Waals surface area contributed by atoms with Gasteiger partial charge in [0.2, 0.25) is 5.82 Å². The molecule has 23 heavy (non-hydrogen) atoms. The number of fused-ring (bicyclic) bond motifs is 1. The molecular weight excluding hydrogens is 296 g/mol. The van der Waals surface area contributed by atoms with E-state index in [4.69, 9.17) is 0 Å². The van der Waals surface area contributed by atoms with Crippen LogP contribution in [0.25, 0.3) is 10.9 Å². The predicted octanol–water partition coefficient (Wildman–Crippen LogP) is 1.39. The highest BCUT2D eigenvalue weighted by Gasteiger charge is 2.10. The molecule has 0 unspecified atom stereocenters. The van der Waals surface area contributed by atoms with E-state index in [1.54, 1.807) is 36.4 Å². The average Bonchev–Trinajstić information content (AvgIpc) is 2.56. The molecule has 3 rings (SSSR count). The molecule has 0 aliphatic heterocycles. The lowest BCUT2D eigenvalue weighted by Gasteiger charge is -2.01.